The van der Waals surface area contributed by atoms with Gasteiger partial charge in [0.1, 0.15) is 11.5 Å². The van der Waals surface area contributed by atoms with Crippen molar-refractivity contribution in [2.45, 2.75) is 33.6 Å². The van der Waals surface area contributed by atoms with Gasteiger partial charge in [-0.05, 0) is 60.7 Å². The molecule has 0 amide bonds. The molecule has 0 saturated carbocycles. The number of rotatable bonds is 3. The molecule has 2 rings (SSSR count). The fourth-order valence-electron chi connectivity index (χ4n) is 2.05. The van der Waals surface area contributed by atoms with Crippen molar-refractivity contribution in [2.24, 2.45) is 0 Å². The molecule has 0 aliphatic heterocycles. The smallest absolute Gasteiger partial charge is 0.127 e. The lowest BCUT2D eigenvalue weighted by Crippen LogP contribution is -1.89. The van der Waals surface area contributed by atoms with Gasteiger partial charge in [-0.15, -0.1) is 0 Å². The summed E-state index contributed by atoms with van der Waals surface area (Å²) in [4.78, 5) is 0. The zero-order chi connectivity index (χ0) is 13.1. The predicted octanol–water partition coefficient (Wildman–Crippen LogP) is 5.22. The molecule has 0 heterocycles. The second-order valence-electron chi connectivity index (χ2n) is 5.15. The van der Waals surface area contributed by atoms with Gasteiger partial charge >= 0.3 is 0 Å². The van der Waals surface area contributed by atoms with Crippen molar-refractivity contribution in [2.75, 3.05) is 0 Å². The minimum absolute atomic E-state index is 0.556. The topological polar surface area (TPSA) is 9.23 Å². The summed E-state index contributed by atoms with van der Waals surface area (Å²) in [6.07, 6.45) is 0. The normalized spacial score (nSPS) is 10.7. The first kappa shape index (κ1) is 12.7. The van der Waals surface area contributed by atoms with E-state index in [1.807, 2.05) is 12.1 Å². The first-order chi connectivity index (χ1) is 8.54. The molecule has 0 N–H and O–H groups in total. The molecule has 0 radical (unpaired) electrons. The summed E-state index contributed by atoms with van der Waals surface area (Å²) in [5.41, 5.74) is 3.79. The lowest BCUT2D eigenvalue weighted by Gasteiger charge is -2.10. The molecule has 0 bridgehead atoms. The van der Waals surface area contributed by atoms with Crippen LogP contribution in [0.3, 0.4) is 0 Å². The zero-order valence-corrected chi connectivity index (χ0v) is 11.5. The number of benzene rings is 2. The van der Waals surface area contributed by atoms with E-state index in [4.69, 9.17) is 4.74 Å². The summed E-state index contributed by atoms with van der Waals surface area (Å²) >= 11 is 0. The first-order valence-electron chi connectivity index (χ1n) is 6.41. The highest BCUT2D eigenvalue weighted by Crippen LogP contribution is 2.25. The van der Waals surface area contributed by atoms with Crippen molar-refractivity contribution >= 4 is 0 Å². The van der Waals surface area contributed by atoms with Gasteiger partial charge in [0.15, 0.2) is 0 Å². The maximum atomic E-state index is 5.87. The third kappa shape index (κ3) is 3.13. The molecule has 18 heavy (non-hydrogen) atoms. The van der Waals surface area contributed by atoms with Crippen molar-refractivity contribution in [1.29, 1.82) is 0 Å². The van der Waals surface area contributed by atoms with Crippen LogP contribution in [0, 0.1) is 13.8 Å². The van der Waals surface area contributed by atoms with Crippen LogP contribution in [-0.2, 0) is 0 Å². The van der Waals surface area contributed by atoms with Crippen LogP contribution >= 0.6 is 0 Å². The van der Waals surface area contributed by atoms with E-state index in [9.17, 15) is 0 Å². The SMILES string of the molecule is Cc1cc(C)cc(Oc2ccc(C(C)C)cc2)c1. The largest absolute Gasteiger partial charge is 0.457 e. The molecule has 94 valence electrons. The van der Waals surface area contributed by atoms with Gasteiger partial charge in [0, 0.05) is 0 Å². The van der Waals surface area contributed by atoms with Crippen molar-refractivity contribution in [3.8, 4) is 11.5 Å². The molecular formula is C17H20O. The zero-order valence-electron chi connectivity index (χ0n) is 11.5. The molecule has 0 spiro atoms. The highest BCUT2D eigenvalue weighted by atomic mass is 16.5. The predicted molar refractivity (Wildman–Crippen MR) is 76.5 cm³/mol. The van der Waals surface area contributed by atoms with Crippen LogP contribution in [-0.4, -0.2) is 0 Å². The highest BCUT2D eigenvalue weighted by molar-refractivity contribution is 5.38. The Morgan fingerprint density at radius 2 is 1.33 bits per heavy atom. The quantitative estimate of drug-likeness (QED) is 0.714. The molecule has 0 aromatic heterocycles. The van der Waals surface area contributed by atoms with Gasteiger partial charge in [0.05, 0.1) is 0 Å². The van der Waals surface area contributed by atoms with Gasteiger partial charge in [-0.1, -0.05) is 32.0 Å². The van der Waals surface area contributed by atoms with Gasteiger partial charge in [-0.25, -0.2) is 0 Å². The van der Waals surface area contributed by atoms with Gasteiger partial charge in [-0.2, -0.15) is 0 Å². The van der Waals surface area contributed by atoms with E-state index < -0.39 is 0 Å². The van der Waals surface area contributed by atoms with Crippen molar-refractivity contribution < 1.29 is 4.74 Å². The number of hydrogen-bond donors (Lipinski definition) is 0. The van der Waals surface area contributed by atoms with E-state index in [0.717, 1.165) is 11.5 Å². The molecule has 0 atom stereocenters. The Morgan fingerprint density at radius 1 is 0.778 bits per heavy atom. The fraction of sp³-hybridized carbons (Fsp3) is 0.294. The molecule has 0 saturated heterocycles. The number of aryl methyl sites for hydroxylation is 2. The second kappa shape index (κ2) is 5.26. The van der Waals surface area contributed by atoms with Crippen molar-refractivity contribution in [3.05, 3.63) is 59.2 Å². The maximum Gasteiger partial charge on any atom is 0.127 e. The van der Waals surface area contributed by atoms with Crippen LogP contribution in [0.15, 0.2) is 42.5 Å². The first-order valence-corrected chi connectivity index (χ1v) is 6.41. The van der Waals surface area contributed by atoms with Crippen LogP contribution < -0.4 is 4.74 Å². The molecular weight excluding hydrogens is 220 g/mol. The standard InChI is InChI=1S/C17H20O/c1-12(2)15-5-7-16(8-6-15)18-17-10-13(3)9-14(4)11-17/h5-12H,1-4H3. The summed E-state index contributed by atoms with van der Waals surface area (Å²) in [6, 6.07) is 14.6. The Morgan fingerprint density at radius 3 is 1.83 bits per heavy atom. The third-order valence-electron chi connectivity index (χ3n) is 2.98. The van der Waals surface area contributed by atoms with Crippen LogP contribution in [0.5, 0.6) is 11.5 Å². The Hall–Kier alpha value is -1.76. The minimum atomic E-state index is 0.556. The van der Waals surface area contributed by atoms with E-state index in [1.54, 1.807) is 0 Å². The Balaban J connectivity index is 2.18. The van der Waals surface area contributed by atoms with Crippen molar-refractivity contribution in [1.82, 2.24) is 0 Å². The Kier molecular flexibility index (Phi) is 3.71. The van der Waals surface area contributed by atoms with E-state index in [1.165, 1.54) is 16.7 Å². The van der Waals surface area contributed by atoms with E-state index in [-0.39, 0.29) is 0 Å². The number of ether oxygens (including phenoxy) is 1. The second-order valence-corrected chi connectivity index (χ2v) is 5.15. The molecule has 2 aromatic rings. The van der Waals surface area contributed by atoms with Crippen LogP contribution in [0.25, 0.3) is 0 Å². The summed E-state index contributed by atoms with van der Waals surface area (Å²) in [7, 11) is 0. The fourth-order valence-corrected chi connectivity index (χ4v) is 2.05. The molecule has 1 heteroatoms. The third-order valence-corrected chi connectivity index (χ3v) is 2.98. The summed E-state index contributed by atoms with van der Waals surface area (Å²) in [5, 5.41) is 0. The van der Waals surface area contributed by atoms with Gasteiger partial charge in [0.25, 0.3) is 0 Å². The Bertz CT molecular complexity index is 504. The van der Waals surface area contributed by atoms with Crippen LogP contribution in [0.2, 0.25) is 0 Å². The summed E-state index contributed by atoms with van der Waals surface area (Å²) < 4.78 is 5.87. The van der Waals surface area contributed by atoms with E-state index in [2.05, 4.69) is 58.0 Å². The molecule has 0 unspecified atom stereocenters. The van der Waals surface area contributed by atoms with Gasteiger partial charge in [0.2, 0.25) is 0 Å². The molecule has 2 aromatic carbocycles. The molecule has 0 fully saturated rings. The van der Waals surface area contributed by atoms with E-state index in [0.29, 0.717) is 5.92 Å². The van der Waals surface area contributed by atoms with E-state index >= 15 is 0 Å². The highest BCUT2D eigenvalue weighted by Gasteiger charge is 2.01. The average molecular weight is 240 g/mol. The maximum absolute atomic E-state index is 5.87. The molecule has 0 aliphatic carbocycles. The van der Waals surface area contributed by atoms with Gasteiger partial charge in [-0.3, -0.25) is 0 Å². The van der Waals surface area contributed by atoms with Crippen LogP contribution in [0.4, 0.5) is 0 Å². The van der Waals surface area contributed by atoms with Crippen LogP contribution in [0.1, 0.15) is 36.5 Å². The van der Waals surface area contributed by atoms with Crippen molar-refractivity contribution in [3.63, 3.8) is 0 Å². The molecule has 0 aliphatic rings. The lowest BCUT2D eigenvalue weighted by atomic mass is 10.0. The lowest BCUT2D eigenvalue weighted by molar-refractivity contribution is 0.481. The summed E-state index contributed by atoms with van der Waals surface area (Å²) in [6.45, 7) is 8.56. The van der Waals surface area contributed by atoms with Gasteiger partial charge < -0.3 is 4.74 Å². The minimum Gasteiger partial charge on any atom is -0.457 e. The Labute approximate surface area is 109 Å². The summed E-state index contributed by atoms with van der Waals surface area (Å²) in [5.74, 6) is 2.36. The number of hydrogen-bond acceptors (Lipinski definition) is 1. The average Bonchev–Trinajstić information content (AvgIpc) is 2.28. The molecule has 1 nitrogen and oxygen atoms in total. The monoisotopic (exact) mass is 240 g/mol.